The van der Waals surface area contributed by atoms with Gasteiger partial charge in [-0.1, -0.05) is 73.9 Å². The highest BCUT2D eigenvalue weighted by molar-refractivity contribution is 7.98. The minimum Gasteiger partial charge on any atom is -0.508 e. The number of carboxylic acid groups (broad SMARTS) is 3. The number of amides is 12. The second kappa shape index (κ2) is 43.0. The van der Waals surface area contributed by atoms with E-state index in [1.165, 1.54) is 66.6 Å². The maximum Gasteiger partial charge on any atom is 0.326 e. The smallest absolute Gasteiger partial charge is 0.326 e. The number of aliphatic hydroxyl groups excluding tert-OH is 1. The van der Waals surface area contributed by atoms with Gasteiger partial charge >= 0.3 is 17.9 Å². The van der Waals surface area contributed by atoms with E-state index in [-0.39, 0.29) is 81.5 Å². The van der Waals surface area contributed by atoms with Crippen molar-refractivity contribution in [2.24, 2.45) is 45.9 Å². The average Bonchev–Trinajstić information content (AvgIpc) is 1.59. The summed E-state index contributed by atoms with van der Waals surface area (Å²) in [7, 11) is 0. The number of aliphatic hydroxyl groups is 1. The summed E-state index contributed by atoms with van der Waals surface area (Å²) in [6.45, 7) is 16.1. The Hall–Kier alpha value is -9.39. The number of nitrogens with one attached hydrogen (secondary N) is 10. The molecule has 2 saturated heterocycles. The Morgan fingerprint density at radius 1 is 0.548 bits per heavy atom. The lowest BCUT2D eigenvalue weighted by atomic mass is 9.96. The zero-order chi connectivity index (χ0) is 78.6. The van der Waals surface area contributed by atoms with E-state index in [2.05, 4.69) is 58.2 Å². The molecule has 15 atom stereocenters. The van der Waals surface area contributed by atoms with E-state index in [1.807, 2.05) is 0 Å². The van der Waals surface area contributed by atoms with Crippen molar-refractivity contribution in [3.8, 4) is 5.75 Å². The van der Waals surface area contributed by atoms with Crippen molar-refractivity contribution in [3.63, 3.8) is 0 Å². The van der Waals surface area contributed by atoms with Crippen molar-refractivity contribution in [1.82, 2.24) is 63.0 Å². The van der Waals surface area contributed by atoms with Gasteiger partial charge in [-0.05, 0) is 119 Å². The van der Waals surface area contributed by atoms with Crippen LogP contribution < -0.4 is 70.4 Å². The number of thioether (sulfide) groups is 1. The first-order valence-corrected chi connectivity index (χ1v) is 36.2. The first kappa shape index (κ1) is 88.8. The summed E-state index contributed by atoms with van der Waals surface area (Å²) >= 11 is 1.24. The Morgan fingerprint density at radius 2 is 0.990 bits per heavy atom. The van der Waals surface area contributed by atoms with E-state index in [1.54, 1.807) is 47.8 Å². The van der Waals surface area contributed by atoms with E-state index in [0.717, 1.165) is 6.92 Å². The molecule has 1 aromatic carbocycles. The molecular formula is C67H108N16O20S. The maximum absolute atomic E-state index is 14.5. The van der Waals surface area contributed by atoms with Crippen LogP contribution in [0.2, 0.25) is 0 Å². The number of guanidine groups is 1. The minimum atomic E-state index is -1.91. The molecule has 0 aliphatic carbocycles. The molecule has 12 amide bonds. The first-order valence-electron chi connectivity index (χ1n) is 34.8. The molecule has 0 aromatic heterocycles. The number of hydrogen-bond donors (Lipinski definition) is 18. The van der Waals surface area contributed by atoms with Crippen molar-refractivity contribution in [1.29, 1.82) is 0 Å². The standard InChI is InChI=1S/C67H108N16O20S/c1-12-35(8)52(80-60(96)46-17-14-25-82(46)64(100)40(68)16-13-24-71-67(69)70)63(99)81-53(37(10)84)65(101)83-26-15-18-47(83)59(95)79-51(34(6)7)62(98)75-42(28-32(2)3)58(94)78-50(33(4)5)61(97)76-43(30-48(86)87)56(92)72-36(9)54(90)73-41(23-27-104-11)55(91)74-44(31-49(88)89)57(93)77-45(66(102)103)29-38-19-21-39(85)22-20-38/h19-22,32-37,40-47,50-53,84-85H,12-18,23-31,68H2,1-11H3,(H,72,92)(H,73,90)(H,74,91)(H,75,98)(H,76,97)(H,77,93)(H,78,94)(H,79,95)(H,80,96)(H,81,99)(H,86,87)(H,88,89)(H,102,103)(H4,69,70,71)/t35-,36-,37+,40-,41-,42-,43-,44-,45-,46-,47-,50-,51-,52-,53-/m0/s1. The summed E-state index contributed by atoms with van der Waals surface area (Å²) in [5.41, 5.74) is 17.4. The van der Waals surface area contributed by atoms with Gasteiger partial charge in [0, 0.05) is 26.1 Å². The minimum absolute atomic E-state index is 0.00112. The van der Waals surface area contributed by atoms with Gasteiger partial charge < -0.3 is 106 Å². The fraction of sp³-hybridized carbons (Fsp3) is 0.672. The molecule has 0 radical (unpaired) electrons. The summed E-state index contributed by atoms with van der Waals surface area (Å²) < 4.78 is 0. The van der Waals surface area contributed by atoms with Crippen LogP contribution in [0.1, 0.15) is 145 Å². The lowest BCUT2D eigenvalue weighted by Crippen LogP contribution is -2.63. The van der Waals surface area contributed by atoms with Crippen LogP contribution in [-0.4, -0.2) is 246 Å². The monoisotopic (exact) mass is 1490 g/mol. The van der Waals surface area contributed by atoms with Gasteiger partial charge in [0.15, 0.2) is 5.96 Å². The summed E-state index contributed by atoms with van der Waals surface area (Å²) in [6, 6.07) is -13.4. The lowest BCUT2D eigenvalue weighted by Gasteiger charge is -2.33. The van der Waals surface area contributed by atoms with Gasteiger partial charge in [-0.25, -0.2) is 4.79 Å². The molecule has 582 valence electrons. The molecule has 21 N–H and O–H groups in total. The van der Waals surface area contributed by atoms with Gasteiger partial charge in [0.05, 0.1) is 25.0 Å². The molecule has 1 aromatic rings. The second-order valence-corrected chi connectivity index (χ2v) is 28.3. The number of aliphatic carboxylic acids is 3. The predicted octanol–water partition coefficient (Wildman–Crippen LogP) is -3.26. The number of benzene rings is 1. The number of phenols is 1. The zero-order valence-electron chi connectivity index (χ0n) is 60.9. The molecule has 0 bridgehead atoms. The van der Waals surface area contributed by atoms with E-state index >= 15 is 0 Å². The molecule has 3 rings (SSSR count). The molecule has 36 nitrogen and oxygen atoms in total. The van der Waals surface area contributed by atoms with Gasteiger partial charge in [0.2, 0.25) is 70.9 Å². The highest BCUT2D eigenvalue weighted by Gasteiger charge is 2.44. The molecule has 2 fully saturated rings. The van der Waals surface area contributed by atoms with Crippen LogP contribution in [-0.2, 0) is 78.3 Å². The van der Waals surface area contributed by atoms with Gasteiger partial charge in [-0.3, -0.25) is 72.1 Å². The van der Waals surface area contributed by atoms with Gasteiger partial charge in [-0.15, -0.1) is 0 Å². The summed E-state index contributed by atoms with van der Waals surface area (Å²) in [5.74, 6) is -17.8. The number of rotatable bonds is 43. The third-order valence-electron chi connectivity index (χ3n) is 17.6. The van der Waals surface area contributed by atoms with Crippen molar-refractivity contribution in [2.45, 2.75) is 231 Å². The third-order valence-corrected chi connectivity index (χ3v) is 18.3. The van der Waals surface area contributed by atoms with Gasteiger partial charge in [0.25, 0.3) is 0 Å². The SMILES string of the molecule is CC[C@H](C)[C@H](NC(=O)[C@@H]1CCCN1C(=O)[C@@H](N)CCCN=C(N)N)C(=O)N[C@H](C(=O)N1CCC[C@H]1C(=O)N[C@H](C(=O)N[C@@H](CC(C)C)C(=O)N[C@H](C(=O)N[C@@H](CC(=O)O)C(=O)N[C@@H](C)C(=O)N[C@@H](CCSC)C(=O)N[C@@H](CC(=O)O)C(=O)N[C@@H](Cc1ccc(O)cc1)C(=O)O)C(C)C)C(C)C)[C@@H](C)O. The van der Waals surface area contributed by atoms with Gasteiger partial charge in [0.1, 0.15) is 78.3 Å². The zero-order valence-corrected chi connectivity index (χ0v) is 61.7. The number of carbonyl (C=O) groups is 15. The molecule has 2 aliphatic heterocycles. The van der Waals surface area contributed by atoms with Crippen LogP contribution in [0, 0.1) is 23.7 Å². The average molecular weight is 1490 g/mol. The number of hydrogen-bond acceptors (Lipinski definition) is 20. The Bertz CT molecular complexity index is 3210. The van der Waals surface area contributed by atoms with Crippen molar-refractivity contribution in [3.05, 3.63) is 29.8 Å². The lowest BCUT2D eigenvalue weighted by molar-refractivity contribution is -0.145. The second-order valence-electron chi connectivity index (χ2n) is 27.3. The summed E-state index contributed by atoms with van der Waals surface area (Å²) in [5, 5.41) is 74.9. The summed E-state index contributed by atoms with van der Waals surface area (Å²) in [4.78, 5) is 211. The largest absolute Gasteiger partial charge is 0.508 e. The normalized spacial score (nSPS) is 18.0. The first-order chi connectivity index (χ1) is 48.7. The Morgan fingerprint density at radius 3 is 1.47 bits per heavy atom. The number of phenolic OH excluding ortho intramolecular Hbond substituents is 1. The molecule has 0 spiro atoms. The Balaban J connectivity index is 1.76. The number of nitrogens with two attached hydrogens (primary N) is 3. The van der Waals surface area contributed by atoms with Crippen LogP contribution in [0.4, 0.5) is 0 Å². The topological polar surface area (TPSA) is 574 Å². The van der Waals surface area contributed by atoms with E-state index < -0.39 is 204 Å². The van der Waals surface area contributed by atoms with Crippen molar-refractivity contribution in [2.75, 3.05) is 31.6 Å². The number of aromatic hydroxyl groups is 1. The number of carboxylic acids is 3. The molecule has 0 saturated carbocycles. The number of aliphatic imine (C=N–C) groups is 1. The third kappa shape index (κ3) is 28.3. The highest BCUT2D eigenvalue weighted by Crippen LogP contribution is 2.24. The highest BCUT2D eigenvalue weighted by atomic mass is 32.2. The van der Waals surface area contributed by atoms with Crippen LogP contribution >= 0.6 is 11.8 Å². The van der Waals surface area contributed by atoms with Crippen molar-refractivity contribution >= 4 is 107 Å². The summed E-state index contributed by atoms with van der Waals surface area (Å²) in [6.07, 6.45) is -0.207. The van der Waals surface area contributed by atoms with Gasteiger partial charge in [-0.2, -0.15) is 11.8 Å². The Kier molecular flexibility index (Phi) is 36.7. The molecule has 37 heteroatoms. The molecule has 2 aliphatic rings. The number of likely N-dealkylation sites (tertiary alicyclic amines) is 2. The van der Waals surface area contributed by atoms with E-state index in [9.17, 15) is 97.5 Å². The number of carbonyl (C=O) groups excluding carboxylic acids is 12. The van der Waals surface area contributed by atoms with Crippen LogP contribution in [0.5, 0.6) is 5.75 Å². The van der Waals surface area contributed by atoms with Crippen LogP contribution in [0.15, 0.2) is 29.3 Å². The van der Waals surface area contributed by atoms with Crippen LogP contribution in [0.25, 0.3) is 0 Å². The maximum atomic E-state index is 14.5. The Labute approximate surface area is 608 Å². The quantitative estimate of drug-likeness (QED) is 0.0173. The van der Waals surface area contributed by atoms with E-state index in [0.29, 0.717) is 31.2 Å². The fourth-order valence-electron chi connectivity index (χ4n) is 11.6. The molecule has 2 heterocycles. The van der Waals surface area contributed by atoms with E-state index in [4.69, 9.17) is 17.2 Å². The predicted molar refractivity (Wildman–Crippen MR) is 380 cm³/mol. The molecular weight excluding hydrogens is 1380 g/mol. The molecule has 0 unspecified atom stereocenters. The van der Waals surface area contributed by atoms with Crippen LogP contribution in [0.3, 0.4) is 0 Å². The fourth-order valence-corrected chi connectivity index (χ4v) is 12.1. The van der Waals surface area contributed by atoms with Crippen molar-refractivity contribution < 1.29 is 97.5 Å². The number of nitrogens with zero attached hydrogens (tertiary/aromatic N) is 3. The molecule has 104 heavy (non-hydrogen) atoms.